The Balaban J connectivity index is -0.00000000167. The molecule has 0 aliphatic rings. The van der Waals surface area contributed by atoms with E-state index in [1.54, 1.807) is 0 Å². The van der Waals surface area contributed by atoms with Crippen molar-refractivity contribution in [1.82, 2.24) is 0 Å². The second kappa shape index (κ2) is 49.5. The fourth-order valence-corrected chi connectivity index (χ4v) is 0. The van der Waals surface area contributed by atoms with E-state index in [0.29, 0.717) is 0 Å². The SMILES string of the molecule is C.[Co].[Mo].[O]=[Co]. The molecule has 0 spiro atoms. The van der Waals surface area contributed by atoms with Crippen LogP contribution in [0.4, 0.5) is 0 Å². The Morgan fingerprint density at radius 2 is 1.20 bits per heavy atom. The first-order valence-electron chi connectivity index (χ1n) is 0.136. The maximum atomic E-state index is 7.94. The van der Waals surface area contributed by atoms with E-state index in [4.69, 9.17) is 3.87 Å². The summed E-state index contributed by atoms with van der Waals surface area (Å²) in [5, 5.41) is 0. The third-order valence-electron chi connectivity index (χ3n) is 0. The van der Waals surface area contributed by atoms with Crippen LogP contribution in [0.3, 0.4) is 0 Å². The molecule has 0 bridgehead atoms. The van der Waals surface area contributed by atoms with Crippen LogP contribution in [0.2, 0.25) is 0 Å². The van der Waals surface area contributed by atoms with Gasteiger partial charge in [0.1, 0.15) is 0 Å². The van der Waals surface area contributed by atoms with E-state index in [2.05, 4.69) is 15.7 Å². The van der Waals surface area contributed by atoms with E-state index in [1.807, 2.05) is 0 Å². The van der Waals surface area contributed by atoms with E-state index in [0.717, 1.165) is 0 Å². The van der Waals surface area contributed by atoms with Crippen molar-refractivity contribution in [2.24, 2.45) is 0 Å². The third kappa shape index (κ3) is 29.9. The Bertz CT molecular complexity index is 9.61. The minimum atomic E-state index is 0. The van der Waals surface area contributed by atoms with Gasteiger partial charge in [-0.15, -0.1) is 0 Å². The van der Waals surface area contributed by atoms with E-state index in [-0.39, 0.29) is 45.3 Å². The van der Waals surface area contributed by atoms with Crippen LogP contribution in [0.1, 0.15) is 7.43 Å². The molecule has 0 heterocycles. The molecule has 0 saturated carbocycles. The van der Waals surface area contributed by atoms with Crippen molar-refractivity contribution in [2.45, 2.75) is 7.43 Å². The van der Waals surface area contributed by atoms with Crippen molar-refractivity contribution in [2.75, 3.05) is 0 Å². The van der Waals surface area contributed by atoms with Gasteiger partial charge in [0.15, 0.2) is 0 Å². The van der Waals surface area contributed by atoms with Crippen LogP contribution in [0.15, 0.2) is 0 Å². The average molecular weight is 246 g/mol. The second-order valence-corrected chi connectivity index (χ2v) is 0. The van der Waals surface area contributed by atoms with Crippen molar-refractivity contribution >= 4 is 0 Å². The van der Waals surface area contributed by atoms with Gasteiger partial charge in [0.25, 0.3) is 0 Å². The third-order valence-corrected chi connectivity index (χ3v) is 0. The molecular weight excluding hydrogens is 242 g/mol. The van der Waals surface area contributed by atoms with Gasteiger partial charge in [-0.3, -0.25) is 0 Å². The molecule has 0 unspecified atom stereocenters. The maximum absolute atomic E-state index is 7.94. The minimum absolute atomic E-state index is 0. The molecule has 0 rings (SSSR count). The fourth-order valence-electron chi connectivity index (χ4n) is 0. The summed E-state index contributed by atoms with van der Waals surface area (Å²) < 4.78 is 7.94. The number of hydrogen-bond donors (Lipinski definition) is 0. The summed E-state index contributed by atoms with van der Waals surface area (Å²) in [6.07, 6.45) is 0. The van der Waals surface area contributed by atoms with E-state index >= 15 is 0 Å². The zero-order chi connectivity index (χ0) is 2.00. The van der Waals surface area contributed by atoms with Gasteiger partial charge in [0, 0.05) is 37.8 Å². The summed E-state index contributed by atoms with van der Waals surface area (Å²) in [7, 11) is 0. The van der Waals surface area contributed by atoms with Crippen molar-refractivity contribution < 1.29 is 57.4 Å². The van der Waals surface area contributed by atoms with Gasteiger partial charge in [0.2, 0.25) is 0 Å². The monoisotopic (exact) mass is 248 g/mol. The number of hydrogen-bond acceptors (Lipinski definition) is 1. The molecule has 0 atom stereocenters. The molecule has 0 amide bonds. The zero-order valence-electron chi connectivity index (χ0n) is 1.48. The van der Waals surface area contributed by atoms with Crippen LogP contribution in [0.25, 0.3) is 0 Å². The molecule has 0 N–H and O–H groups in total. The number of rotatable bonds is 0. The summed E-state index contributed by atoms with van der Waals surface area (Å²) in [6, 6.07) is 0. The van der Waals surface area contributed by atoms with Gasteiger partial charge in [-0.2, -0.15) is 0 Å². The molecule has 0 aromatic heterocycles. The zero-order valence-corrected chi connectivity index (χ0v) is 5.57. The van der Waals surface area contributed by atoms with Gasteiger partial charge in [-0.05, 0) is 0 Å². The molecule has 0 fully saturated rings. The second-order valence-electron chi connectivity index (χ2n) is 0. The Morgan fingerprint density at radius 1 is 1.20 bits per heavy atom. The van der Waals surface area contributed by atoms with Crippen LogP contribution in [-0.2, 0) is 57.4 Å². The molecule has 0 aromatic carbocycles. The average Bonchev–Trinajstić information content (AvgIpc) is 1.00. The predicted molar refractivity (Wildman–Crippen MR) is 7.42 cm³/mol. The molecule has 1 nitrogen and oxygen atoms in total. The first-order chi connectivity index (χ1) is 1.00. The van der Waals surface area contributed by atoms with Crippen LogP contribution in [0.5, 0.6) is 0 Å². The van der Waals surface area contributed by atoms with Crippen molar-refractivity contribution in [1.29, 1.82) is 0 Å². The van der Waals surface area contributed by atoms with E-state index in [1.165, 1.54) is 0 Å². The normalized spacial score (nSPS) is 1.00. The van der Waals surface area contributed by atoms with Gasteiger partial charge >= 0.3 is 19.5 Å². The van der Waals surface area contributed by atoms with Crippen LogP contribution < -0.4 is 0 Å². The first kappa shape index (κ1) is 31.4. The first-order valence-corrected chi connectivity index (χ1v) is 0.561. The molecule has 0 saturated heterocycles. The summed E-state index contributed by atoms with van der Waals surface area (Å²) in [5.41, 5.74) is 0. The Labute approximate surface area is 64.5 Å². The predicted octanol–water partition coefficient (Wildman–Crippen LogP) is 0.510. The molecule has 38 valence electrons. The molecule has 1 radical (unpaired) electrons. The van der Waals surface area contributed by atoms with Gasteiger partial charge in [-0.1, -0.05) is 7.43 Å². The molecule has 5 heavy (non-hydrogen) atoms. The summed E-state index contributed by atoms with van der Waals surface area (Å²) in [4.78, 5) is 0. The van der Waals surface area contributed by atoms with Gasteiger partial charge in [0.05, 0.1) is 0 Å². The fraction of sp³-hybridized carbons (Fsp3) is 1.00. The van der Waals surface area contributed by atoms with E-state index < -0.39 is 0 Å². The Kier molecular flexibility index (Phi) is 311. The quantitative estimate of drug-likeness (QED) is 0.569. The Morgan fingerprint density at radius 3 is 1.20 bits per heavy atom. The van der Waals surface area contributed by atoms with Crippen molar-refractivity contribution in [3.63, 3.8) is 0 Å². The summed E-state index contributed by atoms with van der Waals surface area (Å²) in [5.74, 6) is 0. The molecule has 0 aromatic rings. The summed E-state index contributed by atoms with van der Waals surface area (Å²) >= 11 is 2.31. The molecular formula is CH4Co2MoO. The Hall–Kier alpha value is 1.50. The summed E-state index contributed by atoms with van der Waals surface area (Å²) in [6.45, 7) is 0. The van der Waals surface area contributed by atoms with Crippen LogP contribution in [0, 0.1) is 0 Å². The standard InChI is InChI=1S/CH4.2Co.Mo.O/h1H4;;;;. The van der Waals surface area contributed by atoms with Crippen LogP contribution in [-0.4, -0.2) is 0 Å². The van der Waals surface area contributed by atoms with Crippen molar-refractivity contribution in [3.05, 3.63) is 0 Å². The van der Waals surface area contributed by atoms with Gasteiger partial charge < -0.3 is 0 Å². The van der Waals surface area contributed by atoms with Crippen LogP contribution >= 0.6 is 0 Å². The topological polar surface area (TPSA) is 17.1 Å². The van der Waals surface area contributed by atoms with E-state index in [9.17, 15) is 0 Å². The molecule has 0 aliphatic heterocycles. The van der Waals surface area contributed by atoms with Gasteiger partial charge in [-0.25, -0.2) is 0 Å². The molecule has 4 heteroatoms. The van der Waals surface area contributed by atoms with Crippen molar-refractivity contribution in [3.8, 4) is 0 Å². The molecule has 0 aliphatic carbocycles.